The molecule has 1 aromatic rings. The van der Waals surface area contributed by atoms with Gasteiger partial charge in [0.15, 0.2) is 0 Å². The van der Waals surface area contributed by atoms with Gasteiger partial charge in [0.25, 0.3) is 0 Å². The monoisotopic (exact) mass is 300 g/mol. The summed E-state index contributed by atoms with van der Waals surface area (Å²) in [6, 6.07) is 5.13. The first-order valence-electron chi connectivity index (χ1n) is 6.45. The predicted octanol–water partition coefficient (Wildman–Crippen LogP) is 0.594. The lowest BCUT2D eigenvalue weighted by atomic mass is 10.2. The van der Waals surface area contributed by atoms with Crippen LogP contribution in [0.1, 0.15) is 5.56 Å². The van der Waals surface area contributed by atoms with Crippen LogP contribution in [0.4, 0.5) is 5.69 Å². The van der Waals surface area contributed by atoms with Crippen molar-refractivity contribution < 1.29 is 17.9 Å². The Morgan fingerprint density at radius 2 is 2.20 bits per heavy atom. The van der Waals surface area contributed by atoms with Gasteiger partial charge in [-0.1, -0.05) is 0 Å². The number of sulfonamides is 1. The van der Waals surface area contributed by atoms with E-state index in [1.807, 2.05) is 0 Å². The molecule has 1 aliphatic rings. The van der Waals surface area contributed by atoms with E-state index in [1.165, 1.54) is 7.11 Å². The second kappa shape index (κ2) is 6.53. The van der Waals surface area contributed by atoms with Gasteiger partial charge in [-0.2, -0.15) is 0 Å². The summed E-state index contributed by atoms with van der Waals surface area (Å²) in [5.41, 5.74) is 2.05. The third-order valence-electron chi connectivity index (χ3n) is 3.28. The lowest BCUT2D eigenvalue weighted by Gasteiger charge is -2.15. The van der Waals surface area contributed by atoms with E-state index in [-0.39, 0.29) is 17.5 Å². The number of hydrogen-bond acceptors (Lipinski definition) is 5. The third-order valence-corrected chi connectivity index (χ3v) is 4.70. The fourth-order valence-electron chi connectivity index (χ4n) is 2.13. The van der Waals surface area contributed by atoms with Crippen LogP contribution in [-0.2, 0) is 25.9 Å². The van der Waals surface area contributed by atoms with E-state index >= 15 is 0 Å². The van der Waals surface area contributed by atoms with Gasteiger partial charge in [-0.15, -0.1) is 0 Å². The van der Waals surface area contributed by atoms with E-state index in [0.717, 1.165) is 24.2 Å². The highest BCUT2D eigenvalue weighted by atomic mass is 32.2. The Morgan fingerprint density at radius 1 is 1.40 bits per heavy atom. The number of anilines is 1. The van der Waals surface area contributed by atoms with Gasteiger partial charge in [0.2, 0.25) is 10.0 Å². The van der Waals surface area contributed by atoms with Crippen molar-refractivity contribution in [3.8, 4) is 0 Å². The fourth-order valence-corrected chi connectivity index (χ4v) is 3.25. The molecule has 0 aliphatic carbocycles. The number of methoxy groups -OCH3 is 2. The summed E-state index contributed by atoms with van der Waals surface area (Å²) in [7, 11) is -0.442. The average molecular weight is 300 g/mol. The van der Waals surface area contributed by atoms with Gasteiger partial charge in [-0.05, 0) is 30.2 Å². The summed E-state index contributed by atoms with van der Waals surface area (Å²) in [4.78, 5) is 0.284. The van der Waals surface area contributed by atoms with E-state index in [0.29, 0.717) is 6.61 Å². The molecule has 0 saturated heterocycles. The zero-order chi connectivity index (χ0) is 14.6. The number of nitrogens with one attached hydrogen (secondary N) is 2. The molecule has 1 aliphatic heterocycles. The van der Waals surface area contributed by atoms with Crippen molar-refractivity contribution in [1.82, 2.24) is 4.72 Å². The summed E-state index contributed by atoms with van der Waals surface area (Å²) in [6.45, 7) is 1.38. The van der Waals surface area contributed by atoms with Crippen molar-refractivity contribution in [3.63, 3.8) is 0 Å². The topological polar surface area (TPSA) is 76.7 Å². The van der Waals surface area contributed by atoms with Crippen LogP contribution in [0, 0.1) is 0 Å². The molecule has 1 aromatic carbocycles. The van der Waals surface area contributed by atoms with Crippen LogP contribution in [-0.4, -0.2) is 48.4 Å². The predicted molar refractivity (Wildman–Crippen MR) is 76.5 cm³/mol. The van der Waals surface area contributed by atoms with E-state index in [4.69, 9.17) is 9.47 Å². The smallest absolute Gasteiger partial charge is 0.240 e. The van der Waals surface area contributed by atoms with Crippen LogP contribution in [0.5, 0.6) is 0 Å². The van der Waals surface area contributed by atoms with Crippen LogP contribution in [0.25, 0.3) is 0 Å². The minimum Gasteiger partial charge on any atom is -0.384 e. The number of ether oxygens (including phenoxy) is 2. The molecule has 7 heteroatoms. The van der Waals surface area contributed by atoms with Crippen molar-refractivity contribution in [2.24, 2.45) is 0 Å². The fraction of sp³-hybridized carbons (Fsp3) is 0.538. The summed E-state index contributed by atoms with van der Waals surface area (Å²) in [6.07, 6.45) is 0.550. The molecule has 0 amide bonds. The van der Waals surface area contributed by atoms with E-state index in [9.17, 15) is 8.42 Å². The molecule has 0 radical (unpaired) electrons. The van der Waals surface area contributed by atoms with Gasteiger partial charge in [0, 0.05) is 33.0 Å². The Balaban J connectivity index is 2.06. The van der Waals surface area contributed by atoms with Gasteiger partial charge >= 0.3 is 0 Å². The Morgan fingerprint density at radius 3 is 2.90 bits per heavy atom. The molecule has 1 heterocycles. The third kappa shape index (κ3) is 3.49. The molecule has 20 heavy (non-hydrogen) atoms. The first-order valence-corrected chi connectivity index (χ1v) is 7.93. The van der Waals surface area contributed by atoms with Crippen LogP contribution in [0.2, 0.25) is 0 Å². The highest BCUT2D eigenvalue weighted by molar-refractivity contribution is 7.89. The summed E-state index contributed by atoms with van der Waals surface area (Å²) in [5.74, 6) is 0. The molecule has 0 fully saturated rings. The second-order valence-corrected chi connectivity index (χ2v) is 6.43. The van der Waals surface area contributed by atoms with E-state index in [2.05, 4.69) is 10.0 Å². The molecular formula is C13H20N2O4S. The van der Waals surface area contributed by atoms with Crippen LogP contribution in [0.15, 0.2) is 23.1 Å². The van der Waals surface area contributed by atoms with Gasteiger partial charge in [-0.3, -0.25) is 0 Å². The van der Waals surface area contributed by atoms with Gasteiger partial charge in [-0.25, -0.2) is 13.1 Å². The molecule has 0 aromatic heterocycles. The van der Waals surface area contributed by atoms with Crippen molar-refractivity contribution in [2.45, 2.75) is 17.4 Å². The molecular weight excluding hydrogens is 280 g/mol. The lowest BCUT2D eigenvalue weighted by Crippen LogP contribution is -2.35. The summed E-state index contributed by atoms with van der Waals surface area (Å²) >= 11 is 0. The zero-order valence-electron chi connectivity index (χ0n) is 11.7. The van der Waals surface area contributed by atoms with Crippen molar-refractivity contribution >= 4 is 15.7 Å². The van der Waals surface area contributed by atoms with Crippen LogP contribution >= 0.6 is 0 Å². The molecule has 1 atom stereocenters. The Kier molecular flexibility index (Phi) is 4.98. The van der Waals surface area contributed by atoms with Gasteiger partial charge in [0.1, 0.15) is 0 Å². The van der Waals surface area contributed by atoms with Gasteiger partial charge in [0.05, 0.1) is 17.6 Å². The molecule has 0 bridgehead atoms. The molecule has 0 saturated carbocycles. The average Bonchev–Trinajstić information content (AvgIpc) is 2.90. The maximum absolute atomic E-state index is 12.2. The highest BCUT2D eigenvalue weighted by Crippen LogP contribution is 2.24. The zero-order valence-corrected chi connectivity index (χ0v) is 12.5. The maximum Gasteiger partial charge on any atom is 0.240 e. The maximum atomic E-state index is 12.2. The Hall–Kier alpha value is -1.15. The molecule has 2 N–H and O–H groups in total. The lowest BCUT2D eigenvalue weighted by molar-refractivity contribution is 0.0320. The van der Waals surface area contributed by atoms with Crippen molar-refractivity contribution in [2.75, 3.05) is 39.2 Å². The summed E-state index contributed by atoms with van der Waals surface area (Å²) < 4.78 is 37.1. The van der Waals surface area contributed by atoms with Gasteiger partial charge < -0.3 is 14.8 Å². The molecule has 112 valence electrons. The van der Waals surface area contributed by atoms with E-state index < -0.39 is 10.0 Å². The molecule has 2 rings (SSSR count). The highest BCUT2D eigenvalue weighted by Gasteiger charge is 2.19. The standard InChI is InChI=1S/C13H20N2O4S/c1-18-9-11(19-2)8-15-20(16,17)12-3-4-13-10(7-12)5-6-14-13/h3-4,7,11,14-15H,5-6,8-9H2,1-2H3. The minimum absolute atomic E-state index is 0.183. The first-order chi connectivity index (χ1) is 9.56. The quantitative estimate of drug-likeness (QED) is 0.771. The Bertz CT molecular complexity index is 559. The van der Waals surface area contributed by atoms with E-state index in [1.54, 1.807) is 25.3 Å². The van der Waals surface area contributed by atoms with Crippen molar-refractivity contribution in [3.05, 3.63) is 23.8 Å². The molecule has 0 spiro atoms. The summed E-state index contributed by atoms with van der Waals surface area (Å²) in [5, 5.41) is 3.20. The normalized spacial score (nSPS) is 15.7. The SMILES string of the molecule is COCC(CNS(=O)(=O)c1ccc2c(c1)CCN2)OC. The Labute approximate surface area is 119 Å². The number of hydrogen-bond donors (Lipinski definition) is 2. The van der Waals surface area contributed by atoms with Crippen LogP contribution < -0.4 is 10.0 Å². The van der Waals surface area contributed by atoms with Crippen molar-refractivity contribution in [1.29, 1.82) is 0 Å². The van der Waals surface area contributed by atoms with Crippen LogP contribution in [0.3, 0.4) is 0 Å². The number of benzene rings is 1. The molecule has 1 unspecified atom stereocenters. The molecule has 6 nitrogen and oxygen atoms in total. The minimum atomic E-state index is -3.52. The first kappa shape index (κ1) is 15.2. The largest absolute Gasteiger partial charge is 0.384 e. The number of rotatable bonds is 7. The second-order valence-electron chi connectivity index (χ2n) is 4.66. The number of fused-ring (bicyclic) bond motifs is 1.